The van der Waals surface area contributed by atoms with Crippen molar-refractivity contribution in [3.63, 3.8) is 0 Å². The molecule has 0 saturated heterocycles. The molecular weight excluding hydrogens is 384 g/mol. The van der Waals surface area contributed by atoms with E-state index in [1.165, 1.54) is 0 Å². The summed E-state index contributed by atoms with van der Waals surface area (Å²) in [5.41, 5.74) is 2.97. The second kappa shape index (κ2) is 7.58. The number of halogens is 1. The zero-order chi connectivity index (χ0) is 18.8. The number of rotatable bonds is 4. The minimum atomic E-state index is -0.177. The molecule has 1 aliphatic rings. The van der Waals surface area contributed by atoms with Crippen molar-refractivity contribution in [1.29, 1.82) is 0 Å². The van der Waals surface area contributed by atoms with Gasteiger partial charge in [0.05, 0.1) is 26.9 Å². The molecule has 0 radical (unpaired) electrons. The molecule has 27 heavy (non-hydrogen) atoms. The first-order chi connectivity index (χ1) is 13.1. The van der Waals surface area contributed by atoms with Crippen LogP contribution in [0.2, 0.25) is 5.02 Å². The van der Waals surface area contributed by atoms with Gasteiger partial charge in [-0.25, -0.2) is 0 Å². The van der Waals surface area contributed by atoms with Gasteiger partial charge < -0.3 is 14.8 Å². The highest BCUT2D eigenvalue weighted by Gasteiger charge is 2.17. The molecule has 0 atom stereocenters. The van der Waals surface area contributed by atoms with E-state index in [0.29, 0.717) is 47.5 Å². The van der Waals surface area contributed by atoms with Crippen LogP contribution in [0.5, 0.6) is 11.5 Å². The predicted molar refractivity (Wildman–Crippen MR) is 106 cm³/mol. The van der Waals surface area contributed by atoms with Crippen molar-refractivity contribution in [3.8, 4) is 22.1 Å². The van der Waals surface area contributed by atoms with Crippen molar-refractivity contribution in [2.24, 2.45) is 0 Å². The highest BCUT2D eigenvalue weighted by Crippen LogP contribution is 2.38. The maximum atomic E-state index is 12.6. The van der Waals surface area contributed by atoms with Crippen molar-refractivity contribution < 1.29 is 14.3 Å². The Kier molecular flexibility index (Phi) is 5.01. The maximum absolute atomic E-state index is 12.6. The highest BCUT2D eigenvalue weighted by molar-refractivity contribution is 7.13. The normalized spacial score (nSPS) is 12.7. The van der Waals surface area contributed by atoms with Gasteiger partial charge in [-0.05, 0) is 48.2 Å². The third-order valence-electron chi connectivity index (χ3n) is 4.21. The summed E-state index contributed by atoms with van der Waals surface area (Å²) >= 11 is 7.87. The molecule has 0 fully saturated rings. The summed E-state index contributed by atoms with van der Waals surface area (Å²) in [7, 11) is 0. The second-order valence-corrected chi connectivity index (χ2v) is 7.45. The summed E-state index contributed by atoms with van der Waals surface area (Å²) in [6, 6.07) is 11.3. The molecule has 3 heterocycles. The number of benzene rings is 1. The van der Waals surface area contributed by atoms with Crippen LogP contribution in [0.15, 0.2) is 41.8 Å². The lowest BCUT2D eigenvalue weighted by Gasteiger charge is -2.20. The zero-order valence-corrected chi connectivity index (χ0v) is 16.2. The lowest BCUT2D eigenvalue weighted by atomic mass is 10.1. The van der Waals surface area contributed by atoms with Gasteiger partial charge in [0.1, 0.15) is 13.2 Å². The average molecular weight is 401 g/mol. The molecule has 7 heteroatoms. The van der Waals surface area contributed by atoms with Gasteiger partial charge >= 0.3 is 0 Å². The van der Waals surface area contributed by atoms with E-state index in [1.54, 1.807) is 17.4 Å². The third-order valence-corrected chi connectivity index (χ3v) is 5.39. The molecule has 0 bridgehead atoms. The van der Waals surface area contributed by atoms with Crippen LogP contribution in [0.4, 0.5) is 0 Å². The fourth-order valence-corrected chi connectivity index (χ4v) is 3.89. The van der Waals surface area contributed by atoms with E-state index in [4.69, 9.17) is 21.1 Å². The third kappa shape index (κ3) is 3.77. The van der Waals surface area contributed by atoms with Crippen LogP contribution in [0.25, 0.3) is 10.6 Å². The van der Waals surface area contributed by atoms with Crippen molar-refractivity contribution in [2.75, 3.05) is 13.2 Å². The van der Waals surface area contributed by atoms with E-state index in [0.717, 1.165) is 16.1 Å². The molecule has 1 aliphatic heterocycles. The first-order valence-electron chi connectivity index (χ1n) is 8.49. The largest absolute Gasteiger partial charge is 0.486 e. The number of nitrogens with one attached hydrogen (secondary N) is 1. The van der Waals surface area contributed by atoms with Crippen LogP contribution >= 0.6 is 22.9 Å². The number of ether oxygens (including phenoxy) is 2. The zero-order valence-electron chi connectivity index (χ0n) is 14.6. The molecule has 4 rings (SSSR count). The summed E-state index contributed by atoms with van der Waals surface area (Å²) < 4.78 is 11.1. The van der Waals surface area contributed by atoms with E-state index >= 15 is 0 Å². The smallest absolute Gasteiger partial charge is 0.253 e. The van der Waals surface area contributed by atoms with Crippen molar-refractivity contribution >= 4 is 28.8 Å². The van der Waals surface area contributed by atoms with E-state index < -0.39 is 0 Å². The van der Waals surface area contributed by atoms with Gasteiger partial charge in [0.15, 0.2) is 11.5 Å². The van der Waals surface area contributed by atoms with Crippen LogP contribution in [0.1, 0.15) is 21.6 Å². The monoisotopic (exact) mass is 400 g/mol. The topological polar surface area (TPSA) is 60.5 Å². The molecule has 2 aromatic heterocycles. The fraction of sp³-hybridized carbons (Fsp3) is 0.200. The van der Waals surface area contributed by atoms with Crippen LogP contribution in [0, 0.1) is 6.92 Å². The van der Waals surface area contributed by atoms with Gasteiger partial charge in [-0.15, -0.1) is 11.3 Å². The number of hydrogen-bond donors (Lipinski definition) is 1. The van der Waals surface area contributed by atoms with E-state index in [-0.39, 0.29) is 5.91 Å². The first kappa shape index (κ1) is 17.8. The van der Waals surface area contributed by atoms with Gasteiger partial charge in [0.2, 0.25) is 0 Å². The molecule has 3 aromatic rings. The van der Waals surface area contributed by atoms with Crippen molar-refractivity contribution in [3.05, 3.63) is 63.6 Å². The van der Waals surface area contributed by atoms with Gasteiger partial charge in [-0.1, -0.05) is 17.7 Å². The number of thiophene rings is 1. The molecule has 0 saturated carbocycles. The summed E-state index contributed by atoms with van der Waals surface area (Å²) in [4.78, 5) is 18.2. The number of fused-ring (bicyclic) bond motifs is 1. The number of carbonyl (C=O) groups is 1. The Hall–Kier alpha value is -2.57. The minimum absolute atomic E-state index is 0.177. The number of aryl methyl sites for hydroxylation is 1. The summed E-state index contributed by atoms with van der Waals surface area (Å²) in [5, 5.41) is 5.40. The Bertz CT molecular complexity index is 989. The van der Waals surface area contributed by atoms with E-state index in [2.05, 4.69) is 10.3 Å². The number of carbonyl (C=O) groups excluding carboxylic acids is 1. The number of pyridine rings is 1. The van der Waals surface area contributed by atoms with Crippen molar-refractivity contribution in [2.45, 2.75) is 13.5 Å². The van der Waals surface area contributed by atoms with Crippen molar-refractivity contribution in [1.82, 2.24) is 10.3 Å². The van der Waals surface area contributed by atoms with Gasteiger partial charge in [0.25, 0.3) is 5.91 Å². The summed E-state index contributed by atoms with van der Waals surface area (Å²) in [6.07, 6.45) is 0. The molecule has 138 valence electrons. The van der Waals surface area contributed by atoms with Crippen LogP contribution in [-0.4, -0.2) is 24.1 Å². The Morgan fingerprint density at radius 3 is 2.89 bits per heavy atom. The molecule has 1 N–H and O–H groups in total. The molecule has 0 spiro atoms. The highest BCUT2D eigenvalue weighted by atomic mass is 35.5. The first-order valence-corrected chi connectivity index (χ1v) is 9.75. The molecule has 1 amide bonds. The number of amides is 1. The predicted octanol–water partition coefficient (Wildman–Crippen LogP) is 4.47. The Balaban J connectivity index is 1.47. The second-order valence-electron chi connectivity index (χ2n) is 6.09. The van der Waals surface area contributed by atoms with E-state index in [9.17, 15) is 4.79 Å². The molecule has 1 aromatic carbocycles. The number of nitrogens with zero attached hydrogens (tertiary/aromatic N) is 1. The standard InChI is InChI=1S/C20H17ClN2O3S/c1-12-14(4-5-16(23-12)18-3-2-8-27-18)20(24)22-11-13-9-15(21)19-17(10-13)25-6-7-26-19/h2-5,8-10H,6-7,11H2,1H3,(H,22,24). The quantitative estimate of drug-likeness (QED) is 0.701. The van der Waals surface area contributed by atoms with Gasteiger partial charge in [0, 0.05) is 6.54 Å². The summed E-state index contributed by atoms with van der Waals surface area (Å²) in [6.45, 7) is 3.14. The number of hydrogen-bond acceptors (Lipinski definition) is 5. The molecule has 5 nitrogen and oxygen atoms in total. The Morgan fingerprint density at radius 1 is 1.26 bits per heavy atom. The minimum Gasteiger partial charge on any atom is -0.486 e. The molecular formula is C20H17ClN2O3S. The number of aromatic nitrogens is 1. The van der Waals surface area contributed by atoms with Crippen LogP contribution < -0.4 is 14.8 Å². The molecule has 0 unspecified atom stereocenters. The summed E-state index contributed by atoms with van der Waals surface area (Å²) in [5.74, 6) is 0.988. The maximum Gasteiger partial charge on any atom is 0.253 e. The van der Waals surface area contributed by atoms with Gasteiger partial charge in [-0.2, -0.15) is 0 Å². The molecule has 0 aliphatic carbocycles. The Morgan fingerprint density at radius 2 is 2.11 bits per heavy atom. The van der Waals surface area contributed by atoms with Crippen LogP contribution in [0.3, 0.4) is 0 Å². The van der Waals surface area contributed by atoms with Crippen LogP contribution in [-0.2, 0) is 6.54 Å². The average Bonchev–Trinajstić information content (AvgIpc) is 3.21. The fourth-order valence-electron chi connectivity index (χ4n) is 2.91. The lowest BCUT2D eigenvalue weighted by molar-refractivity contribution is 0.0950. The lowest BCUT2D eigenvalue weighted by Crippen LogP contribution is -2.24. The van der Waals surface area contributed by atoms with E-state index in [1.807, 2.05) is 42.6 Å². The SMILES string of the molecule is Cc1nc(-c2cccs2)ccc1C(=O)NCc1cc(Cl)c2c(c1)OCCO2. The Labute approximate surface area is 165 Å². The van der Waals surface area contributed by atoms with Gasteiger partial charge in [-0.3, -0.25) is 9.78 Å².